The third-order valence-electron chi connectivity index (χ3n) is 6.35. The number of piperidine rings is 1. The number of alkyl halides is 5. The highest BCUT2D eigenvalue weighted by molar-refractivity contribution is 5.81. The minimum absolute atomic E-state index is 0.00481. The zero-order chi connectivity index (χ0) is 26.4. The average Bonchev–Trinajstić information content (AvgIpc) is 3.11. The van der Waals surface area contributed by atoms with Crippen LogP contribution in [0.1, 0.15) is 62.9 Å². The molecule has 3 N–H and O–H groups in total. The maximum absolute atomic E-state index is 13.9. The van der Waals surface area contributed by atoms with E-state index in [2.05, 4.69) is 15.3 Å². The number of aliphatic hydroxyl groups is 1. The van der Waals surface area contributed by atoms with Gasteiger partial charge in [-0.1, -0.05) is 6.07 Å². The van der Waals surface area contributed by atoms with Gasteiger partial charge in [0.2, 0.25) is 0 Å². The standard InChI is InChI=1S/C24H27F5N4O3/c1-12(2)33-20-17(24(27,28)29)6-16(7-19(20)32-22(33)34)36-11-15-9-23(35,8-13(3)31-15)14-4-5-18(21(25)26)30-10-14/h4-7,10,12-13,15,21,31,35H,8-9,11H2,1-3H3,(H,32,34). The highest BCUT2D eigenvalue weighted by Crippen LogP contribution is 2.39. The van der Waals surface area contributed by atoms with Crippen molar-refractivity contribution in [3.63, 3.8) is 0 Å². The van der Waals surface area contributed by atoms with Crippen LogP contribution < -0.4 is 15.7 Å². The second-order valence-corrected chi connectivity index (χ2v) is 9.55. The Hall–Kier alpha value is -2.99. The average molecular weight is 514 g/mol. The molecule has 3 heterocycles. The zero-order valence-corrected chi connectivity index (χ0v) is 19.9. The number of pyridine rings is 1. The molecule has 0 amide bonds. The Morgan fingerprint density at radius 2 is 1.97 bits per heavy atom. The minimum atomic E-state index is -4.72. The number of nitrogens with one attached hydrogen (secondary N) is 2. The number of fused-ring (bicyclic) bond motifs is 1. The lowest BCUT2D eigenvalue weighted by atomic mass is 9.79. The predicted octanol–water partition coefficient (Wildman–Crippen LogP) is 4.67. The maximum Gasteiger partial charge on any atom is 0.418 e. The number of hydrogen-bond donors (Lipinski definition) is 3. The van der Waals surface area contributed by atoms with Crippen LogP contribution >= 0.6 is 0 Å². The second-order valence-electron chi connectivity index (χ2n) is 9.55. The largest absolute Gasteiger partial charge is 0.492 e. The van der Waals surface area contributed by atoms with E-state index in [1.807, 2.05) is 6.92 Å². The van der Waals surface area contributed by atoms with E-state index in [0.717, 1.165) is 16.7 Å². The van der Waals surface area contributed by atoms with E-state index in [0.29, 0.717) is 5.56 Å². The number of imidazole rings is 1. The van der Waals surface area contributed by atoms with Crippen LogP contribution in [0, 0.1) is 0 Å². The lowest BCUT2D eigenvalue weighted by Crippen LogP contribution is -2.53. The van der Waals surface area contributed by atoms with Gasteiger partial charge in [-0.3, -0.25) is 9.55 Å². The number of aromatic amines is 1. The summed E-state index contributed by atoms with van der Waals surface area (Å²) in [6.07, 6.45) is -5.82. The van der Waals surface area contributed by atoms with Gasteiger partial charge in [0.1, 0.15) is 18.1 Å². The smallest absolute Gasteiger partial charge is 0.418 e. The molecule has 1 aliphatic heterocycles. The van der Waals surface area contributed by atoms with Crippen LogP contribution in [-0.4, -0.2) is 38.3 Å². The molecule has 2 aromatic heterocycles. The van der Waals surface area contributed by atoms with Gasteiger partial charge in [-0.15, -0.1) is 0 Å². The Kier molecular flexibility index (Phi) is 6.86. The Balaban J connectivity index is 1.58. The van der Waals surface area contributed by atoms with Crippen molar-refractivity contribution in [2.24, 2.45) is 0 Å². The number of hydrogen-bond acceptors (Lipinski definition) is 5. The molecule has 0 radical (unpaired) electrons. The summed E-state index contributed by atoms with van der Waals surface area (Å²) in [5, 5.41) is 14.5. The quantitative estimate of drug-likeness (QED) is 0.416. The van der Waals surface area contributed by atoms with E-state index < -0.39 is 47.2 Å². The summed E-state index contributed by atoms with van der Waals surface area (Å²) in [4.78, 5) is 18.5. The highest BCUT2D eigenvalue weighted by Gasteiger charge is 2.40. The van der Waals surface area contributed by atoms with Crippen LogP contribution in [0.15, 0.2) is 35.3 Å². The number of H-pyrrole nitrogens is 1. The van der Waals surface area contributed by atoms with E-state index in [4.69, 9.17) is 4.74 Å². The lowest BCUT2D eigenvalue weighted by molar-refractivity contribution is -0.136. The number of aromatic nitrogens is 3. The molecule has 3 aromatic rings. The molecule has 7 nitrogen and oxygen atoms in total. The summed E-state index contributed by atoms with van der Waals surface area (Å²) in [5.41, 5.74) is -3.29. The van der Waals surface area contributed by atoms with Gasteiger partial charge in [-0.2, -0.15) is 13.2 Å². The molecular weight excluding hydrogens is 487 g/mol. The molecule has 12 heteroatoms. The van der Waals surface area contributed by atoms with Gasteiger partial charge in [0.25, 0.3) is 6.43 Å². The van der Waals surface area contributed by atoms with Crippen LogP contribution in [0.5, 0.6) is 5.75 Å². The fourth-order valence-corrected chi connectivity index (χ4v) is 4.90. The fraction of sp³-hybridized carbons (Fsp3) is 0.500. The van der Waals surface area contributed by atoms with Crippen molar-refractivity contribution in [3.05, 3.63) is 57.8 Å². The molecular formula is C24H27F5N4O3. The summed E-state index contributed by atoms with van der Waals surface area (Å²) in [7, 11) is 0. The summed E-state index contributed by atoms with van der Waals surface area (Å²) < 4.78 is 74.1. The Morgan fingerprint density at radius 1 is 1.25 bits per heavy atom. The molecule has 4 rings (SSSR count). The molecule has 1 fully saturated rings. The predicted molar refractivity (Wildman–Crippen MR) is 122 cm³/mol. The van der Waals surface area contributed by atoms with Gasteiger partial charge in [-0.25, -0.2) is 13.6 Å². The van der Waals surface area contributed by atoms with Crippen LogP contribution in [0.25, 0.3) is 11.0 Å². The minimum Gasteiger partial charge on any atom is -0.492 e. The van der Waals surface area contributed by atoms with Crippen molar-refractivity contribution in [3.8, 4) is 5.75 Å². The zero-order valence-electron chi connectivity index (χ0n) is 19.9. The van der Waals surface area contributed by atoms with Gasteiger partial charge < -0.3 is 20.1 Å². The molecule has 1 aliphatic rings. The van der Waals surface area contributed by atoms with E-state index in [1.54, 1.807) is 13.8 Å². The first kappa shape index (κ1) is 26.1. The van der Waals surface area contributed by atoms with Crippen molar-refractivity contribution in [2.45, 2.75) is 69.9 Å². The maximum atomic E-state index is 13.9. The first-order valence-electron chi connectivity index (χ1n) is 11.5. The second kappa shape index (κ2) is 9.47. The summed E-state index contributed by atoms with van der Waals surface area (Å²) in [6.45, 7) is 4.98. The van der Waals surface area contributed by atoms with Gasteiger partial charge >= 0.3 is 11.9 Å². The SMILES string of the molecule is CC1CC(O)(c2ccc(C(F)F)nc2)CC(COc2cc(C(F)(F)F)c3c(c2)[nH]c(=O)n3C(C)C)N1. The number of nitrogens with zero attached hydrogens (tertiary/aromatic N) is 2. The van der Waals surface area contributed by atoms with Crippen LogP contribution in [0.4, 0.5) is 22.0 Å². The molecule has 196 valence electrons. The third-order valence-corrected chi connectivity index (χ3v) is 6.35. The molecule has 1 aromatic carbocycles. The summed E-state index contributed by atoms with van der Waals surface area (Å²) in [6, 6.07) is 3.62. The van der Waals surface area contributed by atoms with Crippen LogP contribution in [0.3, 0.4) is 0 Å². The fourth-order valence-electron chi connectivity index (χ4n) is 4.90. The molecule has 0 spiro atoms. The third kappa shape index (κ3) is 5.10. The Morgan fingerprint density at radius 3 is 2.56 bits per heavy atom. The van der Waals surface area contributed by atoms with Crippen LogP contribution in [-0.2, 0) is 11.8 Å². The summed E-state index contributed by atoms with van der Waals surface area (Å²) in [5.74, 6) is -0.0847. The lowest BCUT2D eigenvalue weighted by Gasteiger charge is -2.41. The molecule has 0 aliphatic carbocycles. The number of halogens is 5. The molecule has 0 bridgehead atoms. The van der Waals surface area contributed by atoms with Crippen molar-refractivity contribution in [1.82, 2.24) is 19.9 Å². The van der Waals surface area contributed by atoms with E-state index in [-0.39, 0.29) is 42.3 Å². The normalized spacial score (nSPS) is 23.1. The molecule has 36 heavy (non-hydrogen) atoms. The Bertz CT molecular complexity index is 1290. The molecule has 1 saturated heterocycles. The molecule has 0 saturated carbocycles. The van der Waals surface area contributed by atoms with E-state index in [1.165, 1.54) is 18.3 Å². The van der Waals surface area contributed by atoms with E-state index in [9.17, 15) is 31.9 Å². The van der Waals surface area contributed by atoms with E-state index >= 15 is 0 Å². The van der Waals surface area contributed by atoms with Crippen molar-refractivity contribution < 1.29 is 31.8 Å². The number of rotatable bonds is 6. The first-order chi connectivity index (χ1) is 16.8. The summed E-state index contributed by atoms with van der Waals surface area (Å²) >= 11 is 0. The van der Waals surface area contributed by atoms with Crippen molar-refractivity contribution in [2.75, 3.05) is 6.61 Å². The molecule has 3 unspecified atom stereocenters. The number of ether oxygens (including phenoxy) is 1. The Labute approximate surface area is 203 Å². The van der Waals surface area contributed by atoms with Gasteiger partial charge in [0, 0.05) is 36.0 Å². The van der Waals surface area contributed by atoms with Crippen LogP contribution in [0.2, 0.25) is 0 Å². The van der Waals surface area contributed by atoms with Gasteiger partial charge in [-0.05, 0) is 45.7 Å². The first-order valence-corrected chi connectivity index (χ1v) is 11.5. The number of benzene rings is 1. The monoisotopic (exact) mass is 514 g/mol. The van der Waals surface area contributed by atoms with Crippen molar-refractivity contribution in [1.29, 1.82) is 0 Å². The topological polar surface area (TPSA) is 92.2 Å². The van der Waals surface area contributed by atoms with Gasteiger partial charge in [0.05, 0.1) is 22.2 Å². The molecule has 3 atom stereocenters. The van der Waals surface area contributed by atoms with Crippen molar-refractivity contribution >= 4 is 11.0 Å². The van der Waals surface area contributed by atoms with Gasteiger partial charge in [0.15, 0.2) is 0 Å². The highest BCUT2D eigenvalue weighted by atomic mass is 19.4.